The summed E-state index contributed by atoms with van der Waals surface area (Å²) >= 11 is 0. The number of carbonyl (C=O) groups excluding carboxylic acids is 1. The van der Waals surface area contributed by atoms with E-state index in [1.165, 1.54) is 6.08 Å². The van der Waals surface area contributed by atoms with E-state index in [0.717, 1.165) is 24.5 Å². The average Bonchev–Trinajstić information content (AvgIpc) is 2.92. The number of benzene rings is 1. The van der Waals surface area contributed by atoms with Crippen LogP contribution in [0.3, 0.4) is 0 Å². The molecule has 12 heteroatoms. The Morgan fingerprint density at radius 1 is 1.15 bits per heavy atom. The van der Waals surface area contributed by atoms with Gasteiger partial charge < -0.3 is 26.6 Å². The summed E-state index contributed by atoms with van der Waals surface area (Å²) in [4.78, 5) is 34.5. The zero-order valence-electron chi connectivity index (χ0n) is 23.0. The fourth-order valence-electron chi connectivity index (χ4n) is 4.50. The van der Waals surface area contributed by atoms with Crippen molar-refractivity contribution in [1.29, 1.82) is 0 Å². The minimum Gasteiger partial charge on any atom is -0.383 e. The zero-order chi connectivity index (χ0) is 28.8. The van der Waals surface area contributed by atoms with Crippen molar-refractivity contribution >= 4 is 45.8 Å². The van der Waals surface area contributed by atoms with Crippen LogP contribution in [0.5, 0.6) is 0 Å². The predicted molar refractivity (Wildman–Crippen MR) is 161 cm³/mol. The molecule has 1 aromatic carbocycles. The first-order valence-electron chi connectivity index (χ1n) is 13.3. The molecule has 4 aromatic rings. The first-order valence-corrected chi connectivity index (χ1v) is 13.3. The first kappa shape index (κ1) is 27.9. The molecule has 0 bridgehead atoms. The molecule has 1 aliphatic heterocycles. The third-order valence-corrected chi connectivity index (χ3v) is 6.53. The Bertz CT molecular complexity index is 1540. The normalized spacial score (nSPS) is 14.0. The van der Waals surface area contributed by atoms with E-state index in [2.05, 4.69) is 35.8 Å². The second kappa shape index (κ2) is 12.7. The number of para-hydroxylation sites is 1. The lowest BCUT2D eigenvalue weighted by Crippen LogP contribution is -2.55. The smallest absolute Gasteiger partial charge is 0.248 e. The monoisotopic (exact) mass is 556 g/mol. The molecule has 1 fully saturated rings. The van der Waals surface area contributed by atoms with Crippen molar-refractivity contribution in [2.75, 3.05) is 68.6 Å². The second-order valence-corrected chi connectivity index (χ2v) is 10.1. The Hall–Kier alpha value is -4.68. The van der Waals surface area contributed by atoms with E-state index in [4.69, 9.17) is 10.7 Å². The van der Waals surface area contributed by atoms with Crippen LogP contribution in [0.2, 0.25) is 0 Å². The molecule has 0 saturated carbocycles. The van der Waals surface area contributed by atoms with Crippen molar-refractivity contribution in [2.24, 2.45) is 0 Å². The van der Waals surface area contributed by atoms with E-state index in [1.54, 1.807) is 30.6 Å². The molecule has 4 heterocycles. The van der Waals surface area contributed by atoms with Crippen LogP contribution in [0.15, 0.2) is 67.0 Å². The Balaban J connectivity index is 1.32. The number of nitrogen functional groups attached to an aromatic ring is 1. The number of nitrogens with one attached hydrogen (secondary N) is 3. The minimum absolute atomic E-state index is 0.221. The van der Waals surface area contributed by atoms with Gasteiger partial charge in [-0.2, -0.15) is 4.98 Å². The van der Waals surface area contributed by atoms with Crippen LogP contribution in [0.25, 0.3) is 22.2 Å². The molecule has 0 unspecified atom stereocenters. The molecule has 1 saturated heterocycles. The average molecular weight is 557 g/mol. The Morgan fingerprint density at radius 2 is 2.00 bits per heavy atom. The molecule has 3 aromatic heterocycles. The highest BCUT2D eigenvalue weighted by Crippen LogP contribution is 2.31. The molecule has 1 amide bonds. The predicted octanol–water partition coefficient (Wildman–Crippen LogP) is 3.53. The number of carbonyl (C=O) groups is 1. The zero-order valence-corrected chi connectivity index (χ0v) is 23.0. The molecule has 5 rings (SSSR count). The van der Waals surface area contributed by atoms with Crippen molar-refractivity contribution < 1.29 is 9.18 Å². The quantitative estimate of drug-likeness (QED) is 0.203. The summed E-state index contributed by atoms with van der Waals surface area (Å²) in [5.41, 5.74) is 9.64. The molecule has 0 aliphatic carbocycles. The highest BCUT2D eigenvalue weighted by atomic mass is 19.1. The molecule has 0 radical (unpaired) electrons. The second-order valence-electron chi connectivity index (χ2n) is 10.1. The topological polar surface area (TPSA) is 137 Å². The maximum atomic E-state index is 12.5. The lowest BCUT2D eigenvalue weighted by molar-refractivity contribution is -0.111. The number of aromatic nitrogens is 4. The molecular weight excluding hydrogens is 523 g/mol. The number of nitrogens with zero attached hydrogens (tertiary/aromatic N) is 6. The Labute approximate surface area is 237 Å². The number of alkyl halides is 1. The van der Waals surface area contributed by atoms with Crippen LogP contribution >= 0.6 is 0 Å². The molecule has 11 nitrogen and oxygen atoms in total. The first-order chi connectivity index (χ1) is 19.9. The molecule has 0 spiro atoms. The fraction of sp³-hybridized carbons (Fsp3) is 0.276. The van der Waals surface area contributed by atoms with E-state index >= 15 is 0 Å². The lowest BCUT2D eigenvalue weighted by Gasteiger charge is -2.39. The standard InChI is InChI=1S/C29H33FN10O/c1-39(2)13-4-7-26(41)35-19-10-12-32-24(15-19)22-5-3-6-23-27(22)37-29(38-28(23)31)36-20-8-9-25(33-16-20)34-21-17-40(18-21)14-11-30/h3-10,12,15-16,21H,11,13-14,17-18H2,1-2H3,(H,33,34)(H,32,35,41)(H3,31,36,37,38). The van der Waals surface area contributed by atoms with Crippen LogP contribution in [-0.4, -0.2) is 88.6 Å². The number of rotatable bonds is 11. The van der Waals surface area contributed by atoms with Gasteiger partial charge in [0.25, 0.3) is 0 Å². The number of hydrogen-bond acceptors (Lipinski definition) is 10. The minimum atomic E-state index is -0.329. The third-order valence-electron chi connectivity index (χ3n) is 6.53. The van der Waals surface area contributed by atoms with Gasteiger partial charge in [0.05, 0.1) is 29.1 Å². The van der Waals surface area contributed by atoms with Crippen LogP contribution < -0.4 is 21.7 Å². The van der Waals surface area contributed by atoms with Crippen LogP contribution in [0.4, 0.5) is 33.3 Å². The SMILES string of the molecule is CN(C)CC=CC(=O)Nc1ccnc(-c2cccc3c(N)nc(Nc4ccc(NC5CN(CCF)C5)nc4)nc23)c1. The largest absolute Gasteiger partial charge is 0.383 e. The summed E-state index contributed by atoms with van der Waals surface area (Å²) in [6, 6.07) is 13.2. The summed E-state index contributed by atoms with van der Waals surface area (Å²) in [6.07, 6.45) is 6.64. The number of hydrogen-bond donors (Lipinski definition) is 4. The maximum Gasteiger partial charge on any atom is 0.248 e. The van der Waals surface area contributed by atoms with E-state index in [-0.39, 0.29) is 18.6 Å². The highest BCUT2D eigenvalue weighted by Gasteiger charge is 2.26. The number of pyridine rings is 2. The van der Waals surface area contributed by atoms with E-state index < -0.39 is 0 Å². The van der Waals surface area contributed by atoms with Crippen molar-refractivity contribution in [1.82, 2.24) is 29.7 Å². The molecule has 1 aliphatic rings. The Kier molecular flexibility index (Phi) is 8.61. The van der Waals surface area contributed by atoms with Gasteiger partial charge in [-0.1, -0.05) is 18.2 Å². The van der Waals surface area contributed by atoms with Gasteiger partial charge in [0.2, 0.25) is 11.9 Å². The maximum absolute atomic E-state index is 12.5. The molecular formula is C29H33FN10O. The number of fused-ring (bicyclic) bond motifs is 1. The highest BCUT2D eigenvalue weighted by molar-refractivity contribution is 6.01. The molecule has 41 heavy (non-hydrogen) atoms. The van der Waals surface area contributed by atoms with Gasteiger partial charge >= 0.3 is 0 Å². The van der Waals surface area contributed by atoms with Gasteiger partial charge in [-0.25, -0.2) is 14.4 Å². The van der Waals surface area contributed by atoms with Gasteiger partial charge in [0.1, 0.15) is 18.3 Å². The summed E-state index contributed by atoms with van der Waals surface area (Å²) in [5.74, 6) is 1.17. The van der Waals surface area contributed by atoms with Gasteiger partial charge in [-0.15, -0.1) is 0 Å². The number of nitrogens with two attached hydrogens (primary N) is 1. The van der Waals surface area contributed by atoms with Crippen molar-refractivity contribution in [3.63, 3.8) is 0 Å². The van der Waals surface area contributed by atoms with E-state index in [9.17, 15) is 9.18 Å². The summed E-state index contributed by atoms with van der Waals surface area (Å²) < 4.78 is 12.5. The van der Waals surface area contributed by atoms with E-state index in [1.807, 2.05) is 49.3 Å². The van der Waals surface area contributed by atoms with Crippen LogP contribution in [-0.2, 0) is 4.79 Å². The van der Waals surface area contributed by atoms with Gasteiger partial charge in [0, 0.05) is 55.1 Å². The van der Waals surface area contributed by atoms with Crippen LogP contribution in [0, 0.1) is 0 Å². The number of likely N-dealkylation sites (tertiary alicyclic amines) is 1. The molecule has 212 valence electrons. The lowest BCUT2D eigenvalue weighted by atomic mass is 10.1. The van der Waals surface area contributed by atoms with E-state index in [0.29, 0.717) is 52.8 Å². The number of amides is 1. The summed E-state index contributed by atoms with van der Waals surface area (Å²) in [6.45, 7) is 2.41. The third kappa shape index (κ3) is 7.10. The summed E-state index contributed by atoms with van der Waals surface area (Å²) in [7, 11) is 3.87. The van der Waals surface area contributed by atoms with Crippen molar-refractivity contribution in [2.45, 2.75) is 6.04 Å². The molecule has 0 atom stereocenters. The van der Waals surface area contributed by atoms with Crippen LogP contribution in [0.1, 0.15) is 0 Å². The number of likely N-dealkylation sites (N-methyl/N-ethyl adjacent to an activating group) is 1. The van der Waals surface area contributed by atoms with Crippen molar-refractivity contribution in [3.05, 3.63) is 67.0 Å². The summed E-state index contributed by atoms with van der Waals surface area (Å²) in [5, 5.41) is 10.1. The van der Waals surface area contributed by atoms with Gasteiger partial charge in [0.15, 0.2) is 0 Å². The Morgan fingerprint density at radius 3 is 2.76 bits per heavy atom. The van der Waals surface area contributed by atoms with Gasteiger partial charge in [-0.05, 0) is 44.4 Å². The number of anilines is 5. The van der Waals surface area contributed by atoms with Gasteiger partial charge in [-0.3, -0.25) is 14.7 Å². The number of halogens is 1. The fourth-order valence-corrected chi connectivity index (χ4v) is 4.50. The van der Waals surface area contributed by atoms with Crippen molar-refractivity contribution in [3.8, 4) is 11.3 Å². The molecule has 5 N–H and O–H groups in total.